The van der Waals surface area contributed by atoms with Gasteiger partial charge in [-0.15, -0.1) is 11.3 Å². The predicted molar refractivity (Wildman–Crippen MR) is 68.4 cm³/mol. The maximum atomic E-state index is 4.44. The van der Waals surface area contributed by atoms with Gasteiger partial charge in [-0.25, -0.2) is 4.98 Å². The number of aryl methyl sites for hydroxylation is 2. The Morgan fingerprint density at radius 1 is 1.13 bits per heavy atom. The number of benzene rings is 1. The highest BCUT2D eigenvalue weighted by molar-refractivity contribution is 7.13. The van der Waals surface area contributed by atoms with Crippen LogP contribution in [0.25, 0.3) is 10.6 Å². The highest BCUT2D eigenvalue weighted by atomic mass is 32.1. The molecule has 1 aromatic heterocycles. The molecule has 15 heavy (non-hydrogen) atoms. The molecule has 0 bridgehead atoms. The summed E-state index contributed by atoms with van der Waals surface area (Å²) >= 11 is 1.70. The van der Waals surface area contributed by atoms with Crippen LogP contribution in [-0.4, -0.2) is 4.98 Å². The molecule has 0 amide bonds. The van der Waals surface area contributed by atoms with Crippen LogP contribution in [0.5, 0.6) is 0 Å². The second-order valence-corrected chi connectivity index (χ2v) is 4.02. The van der Waals surface area contributed by atoms with Gasteiger partial charge in [-0.2, -0.15) is 0 Å². The van der Waals surface area contributed by atoms with E-state index in [0.717, 1.165) is 10.7 Å². The van der Waals surface area contributed by atoms with E-state index in [4.69, 9.17) is 0 Å². The topological polar surface area (TPSA) is 12.9 Å². The molecule has 80 valence electrons. The number of rotatable bonds is 1. The Morgan fingerprint density at radius 3 is 2.40 bits per heavy atom. The summed E-state index contributed by atoms with van der Waals surface area (Å²) in [7, 11) is 0. The first kappa shape index (κ1) is 11.9. The van der Waals surface area contributed by atoms with E-state index in [-0.39, 0.29) is 0 Å². The fourth-order valence-electron chi connectivity index (χ4n) is 1.26. The average molecular weight is 219 g/mol. The number of nitrogens with zero attached hydrogens (tertiary/aromatic N) is 1. The molecule has 2 rings (SSSR count). The first-order valence-corrected chi connectivity index (χ1v) is 6.13. The van der Waals surface area contributed by atoms with Gasteiger partial charge in [0.2, 0.25) is 0 Å². The molecule has 0 fully saturated rings. The monoisotopic (exact) mass is 219 g/mol. The van der Waals surface area contributed by atoms with Gasteiger partial charge in [-0.3, -0.25) is 0 Å². The van der Waals surface area contributed by atoms with Crippen molar-refractivity contribution in [2.75, 3.05) is 0 Å². The third-order valence-corrected chi connectivity index (χ3v) is 2.89. The van der Waals surface area contributed by atoms with Crippen molar-refractivity contribution in [2.24, 2.45) is 0 Å². The molecule has 0 atom stereocenters. The molecular formula is C13H17NS. The van der Waals surface area contributed by atoms with Crippen LogP contribution in [0.2, 0.25) is 0 Å². The summed E-state index contributed by atoms with van der Waals surface area (Å²) in [6.45, 7) is 8.12. The van der Waals surface area contributed by atoms with Crippen molar-refractivity contribution in [1.29, 1.82) is 0 Å². The summed E-state index contributed by atoms with van der Waals surface area (Å²) in [6.07, 6.45) is 0. The third kappa shape index (κ3) is 3.17. The Hall–Kier alpha value is -1.15. The quantitative estimate of drug-likeness (QED) is 0.690. The molecule has 0 saturated heterocycles. The standard InChI is InChI=1S/C11H11NS.C2H6/c1-8-4-3-5-10(6-8)11-12-9(2)7-13-11;1-2/h3-7H,1-2H3;1-2H3. The summed E-state index contributed by atoms with van der Waals surface area (Å²) in [6, 6.07) is 8.44. The number of thiazole rings is 1. The molecule has 1 nitrogen and oxygen atoms in total. The lowest BCUT2D eigenvalue weighted by molar-refractivity contribution is 1.27. The molecule has 0 aliphatic carbocycles. The second-order valence-electron chi connectivity index (χ2n) is 3.16. The van der Waals surface area contributed by atoms with Gasteiger partial charge in [-0.1, -0.05) is 37.6 Å². The molecule has 0 radical (unpaired) electrons. The number of hydrogen-bond donors (Lipinski definition) is 0. The van der Waals surface area contributed by atoms with Crippen LogP contribution in [0.4, 0.5) is 0 Å². The highest BCUT2D eigenvalue weighted by Gasteiger charge is 2.01. The SMILES string of the molecule is CC.Cc1cccc(-c2nc(C)cs2)c1. The Morgan fingerprint density at radius 2 is 1.87 bits per heavy atom. The van der Waals surface area contributed by atoms with Crippen LogP contribution in [-0.2, 0) is 0 Å². The minimum Gasteiger partial charge on any atom is -0.241 e. The Kier molecular flexibility index (Phi) is 4.50. The molecule has 0 saturated carbocycles. The van der Waals surface area contributed by atoms with Gasteiger partial charge < -0.3 is 0 Å². The van der Waals surface area contributed by atoms with Crippen molar-refractivity contribution in [2.45, 2.75) is 27.7 Å². The van der Waals surface area contributed by atoms with Gasteiger partial charge in [0.15, 0.2) is 0 Å². The second kappa shape index (κ2) is 5.66. The lowest BCUT2D eigenvalue weighted by Gasteiger charge is -1.96. The van der Waals surface area contributed by atoms with Crippen molar-refractivity contribution >= 4 is 11.3 Å². The summed E-state index contributed by atoms with van der Waals surface area (Å²) in [5, 5.41) is 3.19. The van der Waals surface area contributed by atoms with Gasteiger partial charge in [0, 0.05) is 16.6 Å². The third-order valence-electron chi connectivity index (χ3n) is 1.88. The van der Waals surface area contributed by atoms with Crippen molar-refractivity contribution in [3.8, 4) is 10.6 Å². The molecule has 2 aromatic rings. The van der Waals surface area contributed by atoms with Crippen molar-refractivity contribution in [1.82, 2.24) is 4.98 Å². The van der Waals surface area contributed by atoms with E-state index in [9.17, 15) is 0 Å². The van der Waals surface area contributed by atoms with Crippen LogP contribution in [0.3, 0.4) is 0 Å². The van der Waals surface area contributed by atoms with Crippen LogP contribution in [0.15, 0.2) is 29.6 Å². The maximum absolute atomic E-state index is 4.44. The fourth-order valence-corrected chi connectivity index (χ4v) is 2.06. The van der Waals surface area contributed by atoms with Gasteiger partial charge in [-0.05, 0) is 19.9 Å². The minimum absolute atomic E-state index is 1.10. The highest BCUT2D eigenvalue weighted by Crippen LogP contribution is 2.23. The van der Waals surface area contributed by atoms with Crippen LogP contribution in [0.1, 0.15) is 25.1 Å². The zero-order chi connectivity index (χ0) is 11.3. The fraction of sp³-hybridized carbons (Fsp3) is 0.308. The van der Waals surface area contributed by atoms with E-state index in [0.29, 0.717) is 0 Å². The smallest absolute Gasteiger partial charge is 0.123 e. The Bertz CT molecular complexity index is 418. The lowest BCUT2D eigenvalue weighted by Crippen LogP contribution is -1.78. The van der Waals surface area contributed by atoms with Gasteiger partial charge in [0.1, 0.15) is 5.01 Å². The summed E-state index contributed by atoms with van der Waals surface area (Å²) < 4.78 is 0. The van der Waals surface area contributed by atoms with Crippen molar-refractivity contribution in [3.63, 3.8) is 0 Å². The van der Waals surface area contributed by atoms with Gasteiger partial charge >= 0.3 is 0 Å². The largest absolute Gasteiger partial charge is 0.241 e. The molecular weight excluding hydrogens is 202 g/mol. The van der Waals surface area contributed by atoms with Crippen LogP contribution in [0, 0.1) is 13.8 Å². The van der Waals surface area contributed by atoms with Crippen molar-refractivity contribution < 1.29 is 0 Å². The van der Waals surface area contributed by atoms with Gasteiger partial charge in [0.05, 0.1) is 0 Å². The average Bonchev–Trinajstić information content (AvgIpc) is 2.68. The molecule has 0 spiro atoms. The summed E-state index contributed by atoms with van der Waals surface area (Å²) in [5.74, 6) is 0. The van der Waals surface area contributed by atoms with E-state index in [2.05, 4.69) is 41.6 Å². The zero-order valence-corrected chi connectivity index (χ0v) is 10.6. The van der Waals surface area contributed by atoms with E-state index in [1.807, 2.05) is 20.8 Å². The zero-order valence-electron chi connectivity index (χ0n) is 9.74. The Labute approximate surface area is 95.8 Å². The van der Waals surface area contributed by atoms with Crippen LogP contribution < -0.4 is 0 Å². The minimum atomic E-state index is 1.10. The first-order chi connectivity index (χ1) is 7.25. The van der Waals surface area contributed by atoms with E-state index in [1.165, 1.54) is 11.1 Å². The molecule has 1 aromatic carbocycles. The predicted octanol–water partition coefficient (Wildman–Crippen LogP) is 4.45. The van der Waals surface area contributed by atoms with E-state index in [1.54, 1.807) is 11.3 Å². The summed E-state index contributed by atoms with van der Waals surface area (Å²) in [4.78, 5) is 4.44. The van der Waals surface area contributed by atoms with Crippen molar-refractivity contribution in [3.05, 3.63) is 40.9 Å². The molecule has 0 aliphatic heterocycles. The molecule has 0 N–H and O–H groups in total. The first-order valence-electron chi connectivity index (χ1n) is 5.25. The van der Waals surface area contributed by atoms with Gasteiger partial charge in [0.25, 0.3) is 0 Å². The van der Waals surface area contributed by atoms with E-state index < -0.39 is 0 Å². The molecule has 1 heterocycles. The lowest BCUT2D eigenvalue weighted by atomic mass is 10.1. The molecule has 2 heteroatoms. The summed E-state index contributed by atoms with van der Waals surface area (Å²) in [5.41, 5.74) is 3.60. The van der Waals surface area contributed by atoms with Crippen LogP contribution >= 0.6 is 11.3 Å². The molecule has 0 unspecified atom stereocenters. The number of aromatic nitrogens is 1. The normalized spacial score (nSPS) is 9.33. The molecule has 0 aliphatic rings. The number of hydrogen-bond acceptors (Lipinski definition) is 2. The van der Waals surface area contributed by atoms with E-state index >= 15 is 0 Å². The maximum Gasteiger partial charge on any atom is 0.123 e. The Balaban J connectivity index is 0.000000531.